The minimum atomic E-state index is 0.436. The molecule has 5 heteroatoms. The third-order valence-corrected chi connectivity index (χ3v) is 3.39. The third kappa shape index (κ3) is 3.17. The van der Waals surface area contributed by atoms with Crippen molar-refractivity contribution in [3.05, 3.63) is 65.2 Å². The monoisotopic (exact) mass is 299 g/mol. The van der Waals surface area contributed by atoms with Crippen molar-refractivity contribution < 1.29 is 4.74 Å². The minimum Gasteiger partial charge on any atom is -0.489 e. The highest BCUT2D eigenvalue weighted by Gasteiger charge is 2.08. The smallest absolute Gasteiger partial charge is 0.145 e. The number of benzene rings is 2. The molecule has 1 heterocycles. The van der Waals surface area contributed by atoms with Crippen LogP contribution in [0.5, 0.6) is 5.75 Å². The SMILES string of the molecule is Nc1cc(-c2ccc(OCc3ccccc3)cc2Cl)[nH]n1. The molecular formula is C16H14ClN3O. The van der Waals surface area contributed by atoms with Gasteiger partial charge in [0.2, 0.25) is 0 Å². The molecule has 0 unspecified atom stereocenters. The average Bonchev–Trinajstić information content (AvgIpc) is 2.92. The number of ether oxygens (including phenoxy) is 1. The number of H-pyrrole nitrogens is 1. The van der Waals surface area contributed by atoms with Crippen molar-refractivity contribution in [1.29, 1.82) is 0 Å². The third-order valence-electron chi connectivity index (χ3n) is 3.08. The molecule has 0 aliphatic rings. The number of nitrogens with two attached hydrogens (primary N) is 1. The van der Waals surface area contributed by atoms with E-state index in [0.29, 0.717) is 17.4 Å². The topological polar surface area (TPSA) is 63.9 Å². The number of aromatic nitrogens is 2. The fraction of sp³-hybridized carbons (Fsp3) is 0.0625. The van der Waals surface area contributed by atoms with Gasteiger partial charge in [-0.05, 0) is 23.8 Å². The van der Waals surface area contributed by atoms with E-state index in [0.717, 1.165) is 22.6 Å². The minimum absolute atomic E-state index is 0.436. The van der Waals surface area contributed by atoms with Crippen LogP contribution >= 0.6 is 11.6 Å². The summed E-state index contributed by atoms with van der Waals surface area (Å²) < 4.78 is 5.73. The number of nitrogen functional groups attached to an aromatic ring is 1. The van der Waals surface area contributed by atoms with E-state index in [4.69, 9.17) is 22.1 Å². The molecule has 21 heavy (non-hydrogen) atoms. The summed E-state index contributed by atoms with van der Waals surface area (Å²) in [7, 11) is 0. The first-order valence-electron chi connectivity index (χ1n) is 6.50. The first kappa shape index (κ1) is 13.5. The number of nitrogens with one attached hydrogen (secondary N) is 1. The average molecular weight is 300 g/mol. The summed E-state index contributed by atoms with van der Waals surface area (Å²) in [5.41, 5.74) is 8.33. The van der Waals surface area contributed by atoms with Gasteiger partial charge in [-0.1, -0.05) is 41.9 Å². The summed E-state index contributed by atoms with van der Waals surface area (Å²) in [6, 6.07) is 17.3. The quantitative estimate of drug-likeness (QED) is 0.768. The molecule has 106 valence electrons. The van der Waals surface area contributed by atoms with Crippen molar-refractivity contribution in [2.24, 2.45) is 0 Å². The van der Waals surface area contributed by atoms with Crippen LogP contribution in [0.4, 0.5) is 5.82 Å². The number of hydrogen-bond donors (Lipinski definition) is 2. The van der Waals surface area contributed by atoms with Crippen LogP contribution in [0, 0.1) is 0 Å². The van der Waals surface area contributed by atoms with E-state index >= 15 is 0 Å². The van der Waals surface area contributed by atoms with E-state index in [2.05, 4.69) is 10.2 Å². The Morgan fingerprint density at radius 2 is 1.90 bits per heavy atom. The molecule has 0 aliphatic carbocycles. The number of hydrogen-bond acceptors (Lipinski definition) is 3. The van der Waals surface area contributed by atoms with Crippen molar-refractivity contribution >= 4 is 17.4 Å². The normalized spacial score (nSPS) is 10.5. The van der Waals surface area contributed by atoms with Crippen LogP contribution in [0.2, 0.25) is 5.02 Å². The first-order chi connectivity index (χ1) is 10.2. The Balaban J connectivity index is 1.75. The second-order valence-electron chi connectivity index (χ2n) is 4.62. The number of nitrogens with zero attached hydrogens (tertiary/aromatic N) is 1. The Labute approximate surface area is 127 Å². The Morgan fingerprint density at radius 3 is 2.57 bits per heavy atom. The molecule has 3 rings (SSSR count). The lowest BCUT2D eigenvalue weighted by atomic mass is 10.1. The molecule has 0 saturated carbocycles. The van der Waals surface area contributed by atoms with E-state index < -0.39 is 0 Å². The molecule has 0 bridgehead atoms. The van der Waals surface area contributed by atoms with Gasteiger partial charge in [0.25, 0.3) is 0 Å². The summed E-state index contributed by atoms with van der Waals surface area (Å²) in [6.07, 6.45) is 0. The lowest BCUT2D eigenvalue weighted by Crippen LogP contribution is -1.95. The van der Waals surface area contributed by atoms with Crippen molar-refractivity contribution in [2.45, 2.75) is 6.61 Å². The van der Waals surface area contributed by atoms with E-state index in [-0.39, 0.29) is 0 Å². The summed E-state index contributed by atoms with van der Waals surface area (Å²) in [4.78, 5) is 0. The highest BCUT2D eigenvalue weighted by Crippen LogP contribution is 2.30. The maximum absolute atomic E-state index is 6.29. The maximum Gasteiger partial charge on any atom is 0.145 e. The second-order valence-corrected chi connectivity index (χ2v) is 5.03. The largest absolute Gasteiger partial charge is 0.489 e. The van der Waals surface area contributed by atoms with Crippen LogP contribution in [0.3, 0.4) is 0 Å². The van der Waals surface area contributed by atoms with Gasteiger partial charge in [0.15, 0.2) is 0 Å². The molecule has 3 N–H and O–H groups in total. The van der Waals surface area contributed by atoms with Crippen molar-refractivity contribution in [1.82, 2.24) is 10.2 Å². The predicted octanol–water partition coefficient (Wildman–Crippen LogP) is 3.89. The van der Waals surface area contributed by atoms with Gasteiger partial charge in [0.05, 0.1) is 10.7 Å². The van der Waals surface area contributed by atoms with Gasteiger partial charge in [-0.15, -0.1) is 0 Å². The molecular weight excluding hydrogens is 286 g/mol. The second kappa shape index (κ2) is 5.89. The van der Waals surface area contributed by atoms with E-state index in [1.54, 1.807) is 12.1 Å². The van der Waals surface area contributed by atoms with E-state index in [1.807, 2.05) is 42.5 Å². The van der Waals surface area contributed by atoms with Crippen molar-refractivity contribution in [3.63, 3.8) is 0 Å². The number of rotatable bonds is 4. The van der Waals surface area contributed by atoms with Crippen LogP contribution < -0.4 is 10.5 Å². The first-order valence-corrected chi connectivity index (χ1v) is 6.88. The standard InChI is InChI=1S/C16H14ClN3O/c17-14-8-12(21-10-11-4-2-1-3-5-11)6-7-13(14)15-9-16(18)20-19-15/h1-9H,10H2,(H3,18,19,20). The van der Waals surface area contributed by atoms with Gasteiger partial charge in [-0.2, -0.15) is 5.10 Å². The molecule has 0 radical (unpaired) electrons. The van der Waals surface area contributed by atoms with E-state index in [1.165, 1.54) is 0 Å². The van der Waals surface area contributed by atoms with Crippen LogP contribution in [0.1, 0.15) is 5.56 Å². The molecule has 2 aromatic carbocycles. The molecule has 3 aromatic rings. The van der Waals surface area contributed by atoms with Gasteiger partial charge in [-0.25, -0.2) is 0 Å². The molecule has 0 aliphatic heterocycles. The van der Waals surface area contributed by atoms with Gasteiger partial charge in [0, 0.05) is 11.6 Å². The van der Waals surface area contributed by atoms with Gasteiger partial charge < -0.3 is 10.5 Å². The summed E-state index contributed by atoms with van der Waals surface area (Å²) in [5, 5.41) is 7.32. The van der Waals surface area contributed by atoms with Crippen molar-refractivity contribution in [3.8, 4) is 17.0 Å². The number of anilines is 1. The van der Waals surface area contributed by atoms with Crippen LogP contribution in [0.15, 0.2) is 54.6 Å². The van der Waals surface area contributed by atoms with Gasteiger partial charge in [0.1, 0.15) is 18.2 Å². The summed E-state index contributed by atoms with van der Waals surface area (Å²) in [6.45, 7) is 0.507. The zero-order valence-electron chi connectivity index (χ0n) is 11.2. The molecule has 1 aromatic heterocycles. The lowest BCUT2D eigenvalue weighted by molar-refractivity contribution is 0.306. The van der Waals surface area contributed by atoms with Gasteiger partial charge in [-0.3, -0.25) is 5.10 Å². The molecule has 0 atom stereocenters. The van der Waals surface area contributed by atoms with Crippen LogP contribution in [-0.4, -0.2) is 10.2 Å². The zero-order valence-corrected chi connectivity index (χ0v) is 12.0. The number of halogens is 1. The zero-order chi connectivity index (χ0) is 14.7. The summed E-state index contributed by atoms with van der Waals surface area (Å²) in [5.74, 6) is 1.16. The molecule has 0 saturated heterocycles. The molecule has 4 nitrogen and oxygen atoms in total. The Kier molecular flexibility index (Phi) is 3.79. The Hall–Kier alpha value is -2.46. The van der Waals surface area contributed by atoms with Crippen LogP contribution in [0.25, 0.3) is 11.3 Å². The lowest BCUT2D eigenvalue weighted by Gasteiger charge is -2.08. The highest BCUT2D eigenvalue weighted by atomic mass is 35.5. The van der Waals surface area contributed by atoms with E-state index in [9.17, 15) is 0 Å². The molecule has 0 fully saturated rings. The molecule has 0 spiro atoms. The predicted molar refractivity (Wildman–Crippen MR) is 84.2 cm³/mol. The van der Waals surface area contributed by atoms with Gasteiger partial charge >= 0.3 is 0 Å². The summed E-state index contributed by atoms with van der Waals surface area (Å²) >= 11 is 6.29. The fourth-order valence-corrected chi connectivity index (χ4v) is 2.29. The van der Waals surface area contributed by atoms with Crippen molar-refractivity contribution in [2.75, 3.05) is 5.73 Å². The highest BCUT2D eigenvalue weighted by molar-refractivity contribution is 6.33. The molecule has 0 amide bonds. The Bertz CT molecular complexity index is 740. The van der Waals surface area contributed by atoms with Crippen LogP contribution in [-0.2, 0) is 6.61 Å². The number of aromatic amines is 1. The fourth-order valence-electron chi connectivity index (χ4n) is 2.02. The maximum atomic E-state index is 6.29. The Morgan fingerprint density at radius 1 is 1.10 bits per heavy atom.